The molecule has 1 aliphatic carbocycles. The first-order valence-corrected chi connectivity index (χ1v) is 9.77. The minimum absolute atomic E-state index is 0.0823. The molecule has 27 heavy (non-hydrogen) atoms. The van der Waals surface area contributed by atoms with E-state index in [0.717, 1.165) is 34.5 Å². The molecular formula is C23H29NO3. The average molecular weight is 367 g/mol. The molecule has 0 saturated heterocycles. The minimum atomic E-state index is -0.362. The number of aryl methyl sites for hydroxylation is 1. The first-order valence-electron chi connectivity index (χ1n) is 9.77. The van der Waals surface area contributed by atoms with Crippen molar-refractivity contribution in [2.45, 2.75) is 59.8 Å². The lowest BCUT2D eigenvalue weighted by molar-refractivity contribution is -0.138. The average Bonchev–Trinajstić information content (AvgIpc) is 2.59. The first-order chi connectivity index (χ1) is 12.8. The number of benzene rings is 1. The Bertz CT molecular complexity index is 828. The van der Waals surface area contributed by atoms with Crippen LogP contribution in [0.4, 0.5) is 0 Å². The van der Waals surface area contributed by atoms with Crippen molar-refractivity contribution in [3.05, 3.63) is 57.9 Å². The second-order valence-corrected chi connectivity index (χ2v) is 8.27. The summed E-state index contributed by atoms with van der Waals surface area (Å²) in [6, 6.07) is 8.11. The summed E-state index contributed by atoms with van der Waals surface area (Å²) < 4.78 is 5.37. The zero-order valence-electron chi connectivity index (χ0n) is 16.9. The largest absolute Gasteiger partial charge is 0.463 e. The highest BCUT2D eigenvalue weighted by Crippen LogP contribution is 2.47. The molecule has 2 aliphatic rings. The van der Waals surface area contributed by atoms with E-state index in [4.69, 9.17) is 4.74 Å². The number of rotatable bonds is 4. The molecule has 144 valence electrons. The third-order valence-electron chi connectivity index (χ3n) is 5.38. The molecule has 1 heterocycles. The van der Waals surface area contributed by atoms with E-state index in [-0.39, 0.29) is 23.1 Å². The quantitative estimate of drug-likeness (QED) is 0.793. The molecular weight excluding hydrogens is 338 g/mol. The molecule has 0 bridgehead atoms. The summed E-state index contributed by atoms with van der Waals surface area (Å²) in [6.07, 6.45) is 1.98. The van der Waals surface area contributed by atoms with Crippen LogP contribution in [0, 0.1) is 12.3 Å². The molecule has 1 atom stereocenters. The maximum atomic E-state index is 13.1. The Balaban J connectivity index is 2.20. The molecule has 0 radical (unpaired) electrons. The third kappa shape index (κ3) is 3.71. The molecule has 0 aromatic heterocycles. The molecule has 1 aromatic rings. The van der Waals surface area contributed by atoms with Gasteiger partial charge in [0.25, 0.3) is 0 Å². The summed E-state index contributed by atoms with van der Waals surface area (Å²) in [5.41, 5.74) is 5.18. The molecule has 0 spiro atoms. The minimum Gasteiger partial charge on any atom is -0.463 e. The molecule has 1 unspecified atom stereocenters. The smallest absolute Gasteiger partial charge is 0.336 e. The van der Waals surface area contributed by atoms with Gasteiger partial charge in [0.1, 0.15) is 0 Å². The van der Waals surface area contributed by atoms with Crippen molar-refractivity contribution in [2.24, 2.45) is 5.41 Å². The fraction of sp³-hybridized carbons (Fsp3) is 0.478. The van der Waals surface area contributed by atoms with Crippen molar-refractivity contribution in [3.63, 3.8) is 0 Å². The van der Waals surface area contributed by atoms with E-state index in [1.54, 1.807) is 6.92 Å². The van der Waals surface area contributed by atoms with Crippen LogP contribution in [0.5, 0.6) is 0 Å². The number of ketones is 1. The fourth-order valence-corrected chi connectivity index (χ4v) is 4.17. The zero-order valence-corrected chi connectivity index (χ0v) is 16.9. The van der Waals surface area contributed by atoms with Gasteiger partial charge in [0.15, 0.2) is 5.78 Å². The number of hydrogen-bond donors (Lipinski definition) is 1. The van der Waals surface area contributed by atoms with Crippen LogP contribution in [0.3, 0.4) is 0 Å². The van der Waals surface area contributed by atoms with Crippen LogP contribution in [0.2, 0.25) is 0 Å². The highest BCUT2D eigenvalue weighted by molar-refractivity contribution is 6.04. The monoisotopic (exact) mass is 367 g/mol. The van der Waals surface area contributed by atoms with Crippen LogP contribution in [0.1, 0.15) is 64.0 Å². The van der Waals surface area contributed by atoms with Gasteiger partial charge < -0.3 is 10.1 Å². The Morgan fingerprint density at radius 2 is 1.85 bits per heavy atom. The summed E-state index contributed by atoms with van der Waals surface area (Å²) in [7, 11) is 0. The maximum absolute atomic E-state index is 13.1. The molecule has 1 aliphatic heterocycles. The molecule has 0 saturated carbocycles. The van der Waals surface area contributed by atoms with Crippen molar-refractivity contribution >= 4 is 11.8 Å². The molecule has 1 N–H and O–H groups in total. The van der Waals surface area contributed by atoms with Crippen LogP contribution < -0.4 is 5.32 Å². The highest BCUT2D eigenvalue weighted by atomic mass is 16.5. The molecule has 4 nitrogen and oxygen atoms in total. The van der Waals surface area contributed by atoms with Gasteiger partial charge in [-0.1, -0.05) is 50.6 Å². The van der Waals surface area contributed by atoms with Gasteiger partial charge in [-0.3, -0.25) is 4.79 Å². The van der Waals surface area contributed by atoms with E-state index in [2.05, 4.69) is 19.2 Å². The number of ether oxygens (including phenoxy) is 1. The predicted molar refractivity (Wildman–Crippen MR) is 106 cm³/mol. The van der Waals surface area contributed by atoms with Crippen LogP contribution in [0.25, 0.3) is 0 Å². The van der Waals surface area contributed by atoms with E-state index in [1.165, 1.54) is 0 Å². The van der Waals surface area contributed by atoms with E-state index in [9.17, 15) is 9.59 Å². The standard InChI is InChI=1S/C23H29NO3/c1-6-16-21(22(26)27-7-2)19(15-10-8-14(3)9-11-15)20-17(24-16)12-23(4,5)13-18(20)25/h8-11,19,24H,6-7,12-13H2,1-5H3. The van der Waals surface area contributed by atoms with E-state index in [0.29, 0.717) is 25.0 Å². The number of carbonyl (C=O) groups is 2. The van der Waals surface area contributed by atoms with Crippen molar-refractivity contribution in [1.82, 2.24) is 5.32 Å². The summed E-state index contributed by atoms with van der Waals surface area (Å²) in [4.78, 5) is 26.0. The maximum Gasteiger partial charge on any atom is 0.336 e. The Morgan fingerprint density at radius 1 is 1.19 bits per heavy atom. The number of carbonyl (C=O) groups excluding carboxylic acids is 2. The molecule has 0 amide bonds. The van der Waals surface area contributed by atoms with Gasteiger partial charge in [0.2, 0.25) is 0 Å². The number of nitrogens with one attached hydrogen (secondary N) is 1. The molecule has 1 aromatic carbocycles. The van der Waals surface area contributed by atoms with Crippen molar-refractivity contribution < 1.29 is 14.3 Å². The van der Waals surface area contributed by atoms with E-state index in [1.807, 2.05) is 38.1 Å². The number of allylic oxidation sites excluding steroid dienone is 3. The van der Waals surface area contributed by atoms with Crippen LogP contribution >= 0.6 is 0 Å². The third-order valence-corrected chi connectivity index (χ3v) is 5.38. The number of hydrogen-bond acceptors (Lipinski definition) is 4. The molecule has 0 fully saturated rings. The van der Waals surface area contributed by atoms with E-state index >= 15 is 0 Å². The summed E-state index contributed by atoms with van der Waals surface area (Å²) >= 11 is 0. The van der Waals surface area contributed by atoms with Gasteiger partial charge in [-0.15, -0.1) is 0 Å². The van der Waals surface area contributed by atoms with Crippen molar-refractivity contribution in [3.8, 4) is 0 Å². The van der Waals surface area contributed by atoms with Crippen LogP contribution in [-0.2, 0) is 14.3 Å². The SMILES string of the molecule is CCOC(=O)C1=C(CC)NC2=C(C(=O)CC(C)(C)C2)C1c1ccc(C)cc1. The number of esters is 1. The fourth-order valence-electron chi connectivity index (χ4n) is 4.17. The number of Topliss-reactive ketones (excluding diaryl/α,β-unsaturated/α-hetero) is 1. The molecule has 3 rings (SSSR count). The van der Waals surface area contributed by atoms with Gasteiger partial charge in [-0.25, -0.2) is 4.79 Å². The van der Waals surface area contributed by atoms with E-state index < -0.39 is 0 Å². The lowest BCUT2D eigenvalue weighted by Crippen LogP contribution is -2.39. The van der Waals surface area contributed by atoms with Crippen LogP contribution in [-0.4, -0.2) is 18.4 Å². The Labute approximate surface area is 161 Å². The van der Waals surface area contributed by atoms with Crippen molar-refractivity contribution in [1.29, 1.82) is 0 Å². The topological polar surface area (TPSA) is 55.4 Å². The normalized spacial score (nSPS) is 21.7. The summed E-state index contributed by atoms with van der Waals surface area (Å²) in [5.74, 6) is -0.577. The molecule has 4 heteroatoms. The van der Waals surface area contributed by atoms with Crippen molar-refractivity contribution in [2.75, 3.05) is 6.61 Å². The lowest BCUT2D eigenvalue weighted by atomic mass is 9.68. The van der Waals surface area contributed by atoms with Gasteiger partial charge in [-0.2, -0.15) is 0 Å². The highest BCUT2D eigenvalue weighted by Gasteiger charge is 2.43. The van der Waals surface area contributed by atoms with Crippen LogP contribution in [0.15, 0.2) is 46.8 Å². The van der Waals surface area contributed by atoms with Gasteiger partial charge in [-0.05, 0) is 37.7 Å². The predicted octanol–water partition coefficient (Wildman–Crippen LogP) is 4.55. The second-order valence-electron chi connectivity index (χ2n) is 8.27. The van der Waals surface area contributed by atoms with Gasteiger partial charge in [0, 0.05) is 29.3 Å². The lowest BCUT2D eigenvalue weighted by Gasteiger charge is -2.40. The second kappa shape index (κ2) is 7.34. The Kier molecular flexibility index (Phi) is 5.27. The summed E-state index contributed by atoms with van der Waals surface area (Å²) in [5, 5.41) is 3.43. The Hall–Kier alpha value is -2.36. The van der Waals surface area contributed by atoms with Gasteiger partial charge in [0.05, 0.1) is 12.2 Å². The first kappa shape index (κ1) is 19.4. The summed E-state index contributed by atoms with van der Waals surface area (Å²) in [6.45, 7) is 10.4. The zero-order chi connectivity index (χ0) is 19.8. The van der Waals surface area contributed by atoms with Gasteiger partial charge >= 0.3 is 5.97 Å². The number of dihydropyridines is 1. The Morgan fingerprint density at radius 3 is 2.44 bits per heavy atom.